The van der Waals surface area contributed by atoms with Gasteiger partial charge in [-0.25, -0.2) is 9.67 Å². The van der Waals surface area contributed by atoms with E-state index in [0.29, 0.717) is 11.1 Å². The quantitative estimate of drug-likeness (QED) is 0.327. The van der Waals surface area contributed by atoms with Crippen LogP contribution in [-0.2, 0) is 17.8 Å². The van der Waals surface area contributed by atoms with Crippen LogP contribution in [0.2, 0.25) is 0 Å². The number of nitrogens with one attached hydrogen (secondary N) is 1. The third kappa shape index (κ3) is 5.26. The zero-order chi connectivity index (χ0) is 21.5. The van der Waals surface area contributed by atoms with Crippen LogP contribution in [0.3, 0.4) is 0 Å². The lowest BCUT2D eigenvalue weighted by Gasteiger charge is -2.09. The van der Waals surface area contributed by atoms with Gasteiger partial charge in [0.15, 0.2) is 5.96 Å². The van der Waals surface area contributed by atoms with Gasteiger partial charge in [0.25, 0.3) is 5.91 Å². The number of nitrogens with two attached hydrogens (primary N) is 2. The third-order valence-corrected chi connectivity index (χ3v) is 4.31. The predicted octanol–water partition coefficient (Wildman–Crippen LogP) is 0.466. The molecule has 1 heterocycles. The molecule has 6 N–H and O–H groups in total. The number of carbonyl (C=O) groups is 2. The van der Waals surface area contributed by atoms with Gasteiger partial charge in [-0.1, -0.05) is 35.5 Å². The Kier molecular flexibility index (Phi) is 6.50. The molecule has 1 amide bonds. The van der Waals surface area contributed by atoms with Gasteiger partial charge >= 0.3 is 5.97 Å². The minimum atomic E-state index is -1.08. The van der Waals surface area contributed by atoms with Crippen LogP contribution in [0.1, 0.15) is 21.5 Å². The first-order valence-electron chi connectivity index (χ1n) is 9.07. The van der Waals surface area contributed by atoms with Gasteiger partial charge in [0, 0.05) is 5.56 Å². The van der Waals surface area contributed by atoms with Crippen LogP contribution in [0, 0.1) is 0 Å². The summed E-state index contributed by atoms with van der Waals surface area (Å²) in [5.41, 5.74) is 14.1. The van der Waals surface area contributed by atoms with E-state index in [1.54, 1.807) is 41.3 Å². The molecule has 0 bridgehead atoms. The molecule has 154 valence electrons. The van der Waals surface area contributed by atoms with Crippen molar-refractivity contribution in [1.82, 2.24) is 20.3 Å². The van der Waals surface area contributed by atoms with Gasteiger partial charge in [-0.3, -0.25) is 14.9 Å². The van der Waals surface area contributed by atoms with Gasteiger partial charge in [-0.15, -0.1) is 5.10 Å². The Morgan fingerprint density at radius 3 is 2.57 bits per heavy atom. The van der Waals surface area contributed by atoms with E-state index in [1.165, 1.54) is 0 Å². The number of carbonyl (C=O) groups excluding carboxylic acids is 1. The summed E-state index contributed by atoms with van der Waals surface area (Å²) in [6.07, 6.45) is 3.47. The zero-order valence-electron chi connectivity index (χ0n) is 16.0. The molecule has 0 saturated heterocycles. The van der Waals surface area contributed by atoms with E-state index >= 15 is 0 Å². The average Bonchev–Trinajstić information content (AvgIpc) is 3.27. The summed E-state index contributed by atoms with van der Waals surface area (Å²) in [5.74, 6) is -1.52. The van der Waals surface area contributed by atoms with Crippen LogP contribution in [0.5, 0.6) is 0 Å². The summed E-state index contributed by atoms with van der Waals surface area (Å²) in [6, 6.07) is 13.0. The number of aromatic nitrogens is 3. The first-order valence-corrected chi connectivity index (χ1v) is 9.07. The standard InChI is InChI=1S/C20H21N7O3/c21-16(19(29)30)11-13-5-7-14(8-6-13)18(28)25-20(22)23-12-15-3-1-2-4-17(15)27-10-9-24-26-27/h1-10,16H,11-12,21H2,(H,29,30)(H3,22,23,25,28)/t16-/m0/s1. The molecule has 10 heteroatoms. The molecule has 0 aliphatic carbocycles. The van der Waals surface area contributed by atoms with E-state index < -0.39 is 17.9 Å². The topological polar surface area (TPSA) is 162 Å². The van der Waals surface area contributed by atoms with Crippen molar-refractivity contribution in [3.63, 3.8) is 0 Å². The lowest BCUT2D eigenvalue weighted by Crippen LogP contribution is -2.36. The molecule has 0 fully saturated rings. The Morgan fingerprint density at radius 2 is 1.90 bits per heavy atom. The van der Waals surface area contributed by atoms with Gasteiger partial charge in [-0.2, -0.15) is 0 Å². The van der Waals surface area contributed by atoms with Crippen molar-refractivity contribution in [1.29, 1.82) is 0 Å². The highest BCUT2D eigenvalue weighted by molar-refractivity contribution is 6.05. The lowest BCUT2D eigenvalue weighted by molar-refractivity contribution is -0.138. The summed E-state index contributed by atoms with van der Waals surface area (Å²) in [5, 5.41) is 19.2. The number of rotatable bonds is 7. The maximum Gasteiger partial charge on any atom is 0.320 e. The summed E-state index contributed by atoms with van der Waals surface area (Å²) in [4.78, 5) is 27.4. The molecule has 1 aromatic heterocycles. The molecule has 3 rings (SSSR count). The van der Waals surface area contributed by atoms with Gasteiger partial charge < -0.3 is 16.6 Å². The van der Waals surface area contributed by atoms with Crippen molar-refractivity contribution in [3.8, 4) is 5.69 Å². The molecule has 0 aliphatic heterocycles. The number of nitrogens with zero attached hydrogens (tertiary/aromatic N) is 4. The second-order valence-electron chi connectivity index (χ2n) is 6.48. The Bertz CT molecular complexity index is 1050. The number of hydrogen-bond acceptors (Lipinski definition) is 6. The number of guanidine groups is 1. The van der Waals surface area contributed by atoms with E-state index in [2.05, 4.69) is 20.6 Å². The molecular formula is C20H21N7O3. The summed E-state index contributed by atoms with van der Waals surface area (Å²) in [6.45, 7) is 0.244. The van der Waals surface area contributed by atoms with Crippen LogP contribution < -0.4 is 16.8 Å². The first-order chi connectivity index (χ1) is 14.4. The molecule has 1 atom stereocenters. The molecule has 0 saturated carbocycles. The SMILES string of the molecule is NC(=NCc1ccccc1-n1ccnn1)NC(=O)c1ccc(C[C@H](N)C(=O)O)cc1. The van der Waals surface area contributed by atoms with Crippen molar-refractivity contribution in [2.45, 2.75) is 19.0 Å². The fourth-order valence-electron chi connectivity index (χ4n) is 2.74. The second-order valence-corrected chi connectivity index (χ2v) is 6.48. The molecule has 2 aromatic carbocycles. The van der Waals surface area contributed by atoms with Crippen LogP contribution in [0.4, 0.5) is 0 Å². The number of aliphatic imine (C=N–C) groups is 1. The van der Waals surface area contributed by atoms with Gasteiger partial charge in [0.05, 0.1) is 24.6 Å². The van der Waals surface area contributed by atoms with Crippen molar-refractivity contribution in [3.05, 3.63) is 77.6 Å². The number of carboxylic acids is 1. The second kappa shape index (κ2) is 9.43. The Morgan fingerprint density at radius 1 is 1.17 bits per heavy atom. The Balaban J connectivity index is 1.62. The maximum absolute atomic E-state index is 12.3. The summed E-state index contributed by atoms with van der Waals surface area (Å²) in [7, 11) is 0. The number of hydrogen-bond donors (Lipinski definition) is 4. The highest BCUT2D eigenvalue weighted by atomic mass is 16.4. The minimum Gasteiger partial charge on any atom is -0.480 e. The molecule has 0 aliphatic rings. The summed E-state index contributed by atoms with van der Waals surface area (Å²) >= 11 is 0. The number of carboxylic acid groups (broad SMARTS) is 1. The smallest absolute Gasteiger partial charge is 0.320 e. The van der Waals surface area contributed by atoms with Crippen LogP contribution >= 0.6 is 0 Å². The van der Waals surface area contributed by atoms with Crippen LogP contribution in [-0.4, -0.2) is 44.0 Å². The van der Waals surface area contributed by atoms with E-state index in [4.69, 9.17) is 16.6 Å². The highest BCUT2D eigenvalue weighted by Gasteiger charge is 2.13. The molecule has 3 aromatic rings. The zero-order valence-corrected chi connectivity index (χ0v) is 16.0. The monoisotopic (exact) mass is 407 g/mol. The molecule has 10 nitrogen and oxygen atoms in total. The van der Waals surface area contributed by atoms with Gasteiger partial charge in [0.1, 0.15) is 6.04 Å². The van der Waals surface area contributed by atoms with E-state index in [-0.39, 0.29) is 18.9 Å². The molecule has 30 heavy (non-hydrogen) atoms. The fourth-order valence-corrected chi connectivity index (χ4v) is 2.74. The lowest BCUT2D eigenvalue weighted by atomic mass is 10.0. The number of aliphatic carboxylic acids is 1. The van der Waals surface area contributed by atoms with Crippen molar-refractivity contribution in [2.24, 2.45) is 16.5 Å². The normalized spacial score (nSPS) is 12.4. The number of benzene rings is 2. The highest BCUT2D eigenvalue weighted by Crippen LogP contribution is 2.14. The molecular weight excluding hydrogens is 386 g/mol. The van der Waals surface area contributed by atoms with E-state index in [1.807, 2.05) is 24.3 Å². The minimum absolute atomic E-state index is 0.0228. The van der Waals surface area contributed by atoms with Crippen molar-refractivity contribution < 1.29 is 14.7 Å². The Hall–Kier alpha value is -4.05. The Labute approximate surface area is 172 Å². The van der Waals surface area contributed by atoms with Crippen molar-refractivity contribution in [2.75, 3.05) is 0 Å². The summed E-state index contributed by atoms with van der Waals surface area (Å²) < 4.78 is 1.62. The number of amides is 1. The van der Waals surface area contributed by atoms with Crippen LogP contribution in [0.15, 0.2) is 65.9 Å². The average molecular weight is 407 g/mol. The molecule has 0 spiro atoms. The maximum atomic E-state index is 12.3. The molecule has 0 unspecified atom stereocenters. The third-order valence-electron chi connectivity index (χ3n) is 4.31. The molecule has 0 radical (unpaired) electrons. The largest absolute Gasteiger partial charge is 0.480 e. The van der Waals surface area contributed by atoms with E-state index in [0.717, 1.165) is 11.3 Å². The first kappa shape index (κ1) is 20.7. The number of para-hydroxylation sites is 1. The van der Waals surface area contributed by atoms with Gasteiger partial charge in [-0.05, 0) is 35.7 Å². The van der Waals surface area contributed by atoms with E-state index in [9.17, 15) is 9.59 Å². The van der Waals surface area contributed by atoms with Crippen molar-refractivity contribution >= 4 is 17.8 Å². The van der Waals surface area contributed by atoms with Gasteiger partial charge in [0.2, 0.25) is 0 Å². The fraction of sp³-hybridized carbons (Fsp3) is 0.150. The predicted molar refractivity (Wildman–Crippen MR) is 110 cm³/mol. The van der Waals surface area contributed by atoms with Crippen LogP contribution in [0.25, 0.3) is 5.69 Å².